The molecule has 7 nitrogen and oxygen atoms in total. The van der Waals surface area contributed by atoms with Crippen LogP contribution in [0.25, 0.3) is 10.2 Å². The maximum atomic E-state index is 12.9. The van der Waals surface area contributed by atoms with Crippen LogP contribution in [0.2, 0.25) is 0 Å². The van der Waals surface area contributed by atoms with Crippen LogP contribution in [0.4, 0.5) is 0 Å². The lowest BCUT2D eigenvalue weighted by atomic mass is 9.97. The molecular formula is C25H31N3O4S. The van der Waals surface area contributed by atoms with E-state index in [0.717, 1.165) is 41.5 Å². The first kappa shape index (κ1) is 23.6. The molecule has 1 atom stereocenters. The van der Waals surface area contributed by atoms with Gasteiger partial charge in [-0.1, -0.05) is 37.3 Å². The second-order valence-electron chi connectivity index (χ2n) is 8.65. The average molecular weight is 470 g/mol. The van der Waals surface area contributed by atoms with Gasteiger partial charge in [0.2, 0.25) is 0 Å². The number of carbonyl (C=O) groups is 1. The van der Waals surface area contributed by atoms with Crippen molar-refractivity contribution in [2.45, 2.75) is 64.6 Å². The molecule has 0 saturated heterocycles. The van der Waals surface area contributed by atoms with E-state index in [4.69, 9.17) is 9.72 Å². The summed E-state index contributed by atoms with van der Waals surface area (Å²) in [7, 11) is 0. The number of H-pyrrole nitrogens is 1. The van der Waals surface area contributed by atoms with Crippen molar-refractivity contribution in [1.82, 2.24) is 14.9 Å². The van der Waals surface area contributed by atoms with Gasteiger partial charge in [-0.15, -0.1) is 11.3 Å². The Bertz CT molecular complexity index is 1140. The van der Waals surface area contributed by atoms with Gasteiger partial charge < -0.3 is 14.8 Å². The second-order valence-corrected chi connectivity index (χ2v) is 9.73. The molecule has 1 aliphatic rings. The minimum atomic E-state index is -0.834. The second kappa shape index (κ2) is 11.0. The molecule has 2 heterocycles. The van der Waals surface area contributed by atoms with Gasteiger partial charge >= 0.3 is 5.97 Å². The van der Waals surface area contributed by atoms with Gasteiger partial charge in [0.1, 0.15) is 23.4 Å². The quantitative estimate of drug-likeness (QED) is 0.441. The van der Waals surface area contributed by atoms with Gasteiger partial charge in [-0.2, -0.15) is 0 Å². The Morgan fingerprint density at radius 2 is 2.03 bits per heavy atom. The Hall–Kier alpha value is -2.55. The molecule has 0 aliphatic heterocycles. The molecule has 0 amide bonds. The van der Waals surface area contributed by atoms with E-state index >= 15 is 0 Å². The van der Waals surface area contributed by atoms with Crippen molar-refractivity contribution < 1.29 is 14.6 Å². The van der Waals surface area contributed by atoms with E-state index in [9.17, 15) is 14.7 Å². The highest BCUT2D eigenvalue weighted by Gasteiger charge is 2.21. The number of aryl methyl sites for hydroxylation is 2. The number of esters is 1. The summed E-state index contributed by atoms with van der Waals surface area (Å²) < 4.78 is 5.18. The van der Waals surface area contributed by atoms with Crippen LogP contribution in [0, 0.1) is 0 Å². The number of hydrogen-bond acceptors (Lipinski definition) is 7. The minimum Gasteiger partial charge on any atom is -0.463 e. The number of thiophene rings is 1. The summed E-state index contributed by atoms with van der Waals surface area (Å²) in [6.45, 7) is 3.10. The molecule has 1 aliphatic carbocycles. The summed E-state index contributed by atoms with van der Waals surface area (Å²) in [6.07, 6.45) is 4.47. The highest BCUT2D eigenvalue weighted by Crippen LogP contribution is 2.33. The van der Waals surface area contributed by atoms with Crippen LogP contribution in [-0.4, -0.2) is 45.2 Å². The number of fused-ring (bicyclic) bond motifs is 3. The summed E-state index contributed by atoms with van der Waals surface area (Å²) in [5.74, 6) is 0.279. The lowest BCUT2D eigenvalue weighted by molar-refractivity contribution is -0.147. The maximum absolute atomic E-state index is 12.9. The molecule has 8 heteroatoms. The number of carbonyl (C=O) groups excluding carboxylic acids is 1. The lowest BCUT2D eigenvalue weighted by Gasteiger charge is -2.24. The van der Waals surface area contributed by atoms with Crippen molar-refractivity contribution in [2.75, 3.05) is 13.2 Å². The number of ether oxygens (including phenoxy) is 1. The molecule has 0 saturated carbocycles. The molecule has 0 radical (unpaired) electrons. The first-order valence-electron chi connectivity index (χ1n) is 11.7. The van der Waals surface area contributed by atoms with Crippen LogP contribution in [0.5, 0.6) is 0 Å². The zero-order chi connectivity index (χ0) is 23.2. The molecule has 176 valence electrons. The minimum absolute atomic E-state index is 0.0508. The highest BCUT2D eigenvalue weighted by molar-refractivity contribution is 7.18. The van der Waals surface area contributed by atoms with Crippen LogP contribution < -0.4 is 5.56 Å². The molecule has 0 unspecified atom stereocenters. The van der Waals surface area contributed by atoms with Crippen molar-refractivity contribution in [3.05, 3.63) is 62.5 Å². The van der Waals surface area contributed by atoms with Crippen molar-refractivity contribution in [1.29, 1.82) is 0 Å². The van der Waals surface area contributed by atoms with Crippen LogP contribution in [0.15, 0.2) is 35.1 Å². The van der Waals surface area contributed by atoms with E-state index in [1.54, 1.807) is 11.3 Å². The number of aromatic amines is 1. The number of hydrogen-bond donors (Lipinski definition) is 2. The molecule has 3 aromatic rings. The molecule has 2 N–H and O–H groups in total. The SMILES string of the molecule is CCCC(=O)OC[C@H](O)CN(Cc1ccccc1)Cc1nc2sc3c(c2c(=O)[nH]1)CCCC3. The standard InChI is InChI=1S/C25H31N3O4S/c1-2-8-22(30)32-16-18(29)14-28(13-17-9-4-3-5-10-17)15-21-26-24(31)23-19-11-6-7-12-20(19)33-25(23)27-21/h3-5,9-10,18,29H,2,6-8,11-16H2,1H3,(H,26,27,31)/t18-/m1/s1. The summed E-state index contributed by atoms with van der Waals surface area (Å²) in [5, 5.41) is 11.3. The molecule has 0 fully saturated rings. The van der Waals surface area contributed by atoms with E-state index in [0.29, 0.717) is 31.8 Å². The first-order valence-corrected chi connectivity index (χ1v) is 12.5. The van der Waals surface area contributed by atoms with E-state index in [2.05, 4.69) is 4.98 Å². The smallest absolute Gasteiger partial charge is 0.305 e. The van der Waals surface area contributed by atoms with Crippen molar-refractivity contribution in [3.63, 3.8) is 0 Å². The number of benzene rings is 1. The average Bonchev–Trinajstić information content (AvgIpc) is 3.17. The van der Waals surface area contributed by atoms with Crippen molar-refractivity contribution >= 4 is 27.5 Å². The van der Waals surface area contributed by atoms with Crippen molar-refractivity contribution in [3.8, 4) is 0 Å². The van der Waals surface area contributed by atoms with Gasteiger partial charge in [-0.3, -0.25) is 14.5 Å². The van der Waals surface area contributed by atoms with E-state index in [-0.39, 0.29) is 24.7 Å². The zero-order valence-corrected chi connectivity index (χ0v) is 19.8. The Kier molecular flexibility index (Phi) is 7.90. The fraction of sp³-hybridized carbons (Fsp3) is 0.480. The monoisotopic (exact) mass is 469 g/mol. The van der Waals surface area contributed by atoms with E-state index in [1.807, 2.05) is 42.2 Å². The molecule has 0 bridgehead atoms. The molecule has 1 aromatic carbocycles. The number of aliphatic hydroxyl groups is 1. The number of rotatable bonds is 10. The predicted octanol–water partition coefficient (Wildman–Crippen LogP) is 3.57. The Morgan fingerprint density at radius 3 is 2.82 bits per heavy atom. The normalized spacial score (nSPS) is 14.4. The third kappa shape index (κ3) is 6.07. The summed E-state index contributed by atoms with van der Waals surface area (Å²) in [6, 6.07) is 9.94. The summed E-state index contributed by atoms with van der Waals surface area (Å²) in [4.78, 5) is 36.4. The maximum Gasteiger partial charge on any atom is 0.305 e. The van der Waals surface area contributed by atoms with Gasteiger partial charge in [-0.25, -0.2) is 4.98 Å². The molecular weight excluding hydrogens is 438 g/mol. The lowest BCUT2D eigenvalue weighted by Crippen LogP contribution is -2.35. The first-order chi connectivity index (χ1) is 16.0. The summed E-state index contributed by atoms with van der Waals surface area (Å²) >= 11 is 1.63. The van der Waals surface area contributed by atoms with Gasteiger partial charge in [0.05, 0.1) is 11.9 Å². The van der Waals surface area contributed by atoms with Gasteiger partial charge in [0.25, 0.3) is 5.56 Å². The highest BCUT2D eigenvalue weighted by atomic mass is 32.1. The number of aromatic nitrogens is 2. The van der Waals surface area contributed by atoms with Crippen LogP contribution >= 0.6 is 11.3 Å². The summed E-state index contributed by atoms with van der Waals surface area (Å²) in [5.41, 5.74) is 2.18. The third-order valence-electron chi connectivity index (χ3n) is 5.86. The van der Waals surface area contributed by atoms with E-state index in [1.165, 1.54) is 10.4 Å². The topological polar surface area (TPSA) is 95.5 Å². The largest absolute Gasteiger partial charge is 0.463 e. The molecule has 2 aromatic heterocycles. The van der Waals surface area contributed by atoms with Gasteiger partial charge in [0.15, 0.2) is 0 Å². The number of nitrogens with one attached hydrogen (secondary N) is 1. The predicted molar refractivity (Wildman–Crippen MR) is 129 cm³/mol. The fourth-order valence-electron chi connectivity index (χ4n) is 4.34. The number of nitrogens with zero attached hydrogens (tertiary/aromatic N) is 2. The Balaban J connectivity index is 1.52. The third-order valence-corrected chi connectivity index (χ3v) is 7.04. The van der Waals surface area contributed by atoms with Crippen LogP contribution in [-0.2, 0) is 35.5 Å². The van der Waals surface area contributed by atoms with E-state index < -0.39 is 6.10 Å². The van der Waals surface area contributed by atoms with Gasteiger partial charge in [-0.05, 0) is 43.2 Å². The Morgan fingerprint density at radius 1 is 1.24 bits per heavy atom. The zero-order valence-electron chi connectivity index (χ0n) is 19.0. The molecule has 4 rings (SSSR count). The fourth-order valence-corrected chi connectivity index (χ4v) is 5.62. The van der Waals surface area contributed by atoms with Gasteiger partial charge in [0, 0.05) is 24.4 Å². The van der Waals surface area contributed by atoms with Crippen LogP contribution in [0.1, 0.15) is 54.4 Å². The molecule has 0 spiro atoms. The Labute approximate surface area is 197 Å². The molecule has 33 heavy (non-hydrogen) atoms. The van der Waals surface area contributed by atoms with Crippen molar-refractivity contribution in [2.24, 2.45) is 0 Å². The number of aliphatic hydroxyl groups excluding tert-OH is 1. The van der Waals surface area contributed by atoms with Crippen LogP contribution in [0.3, 0.4) is 0 Å².